The first-order valence-corrected chi connectivity index (χ1v) is 9.77. The highest BCUT2D eigenvalue weighted by Crippen LogP contribution is 2.21. The van der Waals surface area contributed by atoms with Crippen molar-refractivity contribution in [1.29, 1.82) is 0 Å². The predicted molar refractivity (Wildman–Crippen MR) is 81.2 cm³/mol. The van der Waals surface area contributed by atoms with Crippen LogP contribution in [0, 0.1) is 0 Å². The van der Waals surface area contributed by atoms with Gasteiger partial charge in [0.05, 0.1) is 6.10 Å². The van der Waals surface area contributed by atoms with Gasteiger partial charge in [-0.05, 0) is 13.3 Å². The van der Waals surface area contributed by atoms with Gasteiger partial charge in [0, 0.05) is 43.5 Å². The lowest BCUT2D eigenvalue weighted by Gasteiger charge is -2.35. The van der Waals surface area contributed by atoms with Gasteiger partial charge in [-0.2, -0.15) is 11.8 Å². The fraction of sp³-hybridized carbons (Fsp3) is 1.00. The van der Waals surface area contributed by atoms with E-state index in [1.165, 1.54) is 0 Å². The zero-order chi connectivity index (χ0) is 14.3. The quantitative estimate of drug-likeness (QED) is 0.706. The van der Waals surface area contributed by atoms with E-state index in [1.54, 1.807) is 18.7 Å². The van der Waals surface area contributed by atoms with Gasteiger partial charge >= 0.3 is 0 Å². The van der Waals surface area contributed by atoms with E-state index in [2.05, 4.69) is 4.90 Å². The smallest absolute Gasteiger partial charge is 0.166 e. The molecule has 2 N–H and O–H groups in total. The maximum Gasteiger partial charge on any atom is 0.166 e. The highest BCUT2D eigenvalue weighted by atomic mass is 32.2. The molecular formula is C12H26N2O3S2. The molecule has 1 aliphatic heterocycles. The minimum absolute atomic E-state index is 0.0320. The molecule has 0 amide bonds. The Hall–Kier alpha value is 0.180. The van der Waals surface area contributed by atoms with Crippen molar-refractivity contribution in [3.8, 4) is 0 Å². The van der Waals surface area contributed by atoms with Gasteiger partial charge < -0.3 is 10.5 Å². The first-order valence-electron chi connectivity index (χ1n) is 6.90. The molecule has 114 valence electrons. The van der Waals surface area contributed by atoms with Crippen LogP contribution in [-0.2, 0) is 14.6 Å². The van der Waals surface area contributed by atoms with Crippen LogP contribution in [0.3, 0.4) is 0 Å². The number of hydrogen-bond acceptors (Lipinski definition) is 6. The van der Waals surface area contributed by atoms with Crippen molar-refractivity contribution in [1.82, 2.24) is 4.90 Å². The van der Waals surface area contributed by atoms with E-state index in [0.717, 1.165) is 25.3 Å². The van der Waals surface area contributed by atoms with Crippen LogP contribution in [0.1, 0.15) is 20.3 Å². The summed E-state index contributed by atoms with van der Waals surface area (Å²) in [5.74, 6) is 1.89. The Morgan fingerprint density at radius 1 is 1.47 bits per heavy atom. The number of ether oxygens (including phenoxy) is 1. The Morgan fingerprint density at radius 3 is 2.79 bits per heavy atom. The monoisotopic (exact) mass is 310 g/mol. The van der Waals surface area contributed by atoms with Crippen molar-refractivity contribution in [2.24, 2.45) is 5.73 Å². The standard InChI is InChI=1S/C12H26N2O3S2/c1-3-17-11(9-13)5-6-14-7-8-18-10-12(14)19(15,16)4-2/h11-12H,3-10,13H2,1-2H3. The van der Waals surface area contributed by atoms with Crippen molar-refractivity contribution in [2.75, 3.05) is 43.5 Å². The molecule has 0 radical (unpaired) electrons. The molecular weight excluding hydrogens is 284 g/mol. The number of nitrogens with zero attached hydrogens (tertiary/aromatic N) is 1. The molecule has 0 aromatic rings. The summed E-state index contributed by atoms with van der Waals surface area (Å²) >= 11 is 1.72. The molecule has 0 aromatic carbocycles. The molecule has 19 heavy (non-hydrogen) atoms. The summed E-state index contributed by atoms with van der Waals surface area (Å²) in [6.07, 6.45) is 0.828. The van der Waals surface area contributed by atoms with E-state index in [4.69, 9.17) is 10.5 Å². The highest BCUT2D eigenvalue weighted by Gasteiger charge is 2.32. The van der Waals surface area contributed by atoms with Gasteiger partial charge in [-0.25, -0.2) is 8.42 Å². The second-order valence-electron chi connectivity index (χ2n) is 4.62. The Labute approximate surface area is 121 Å². The fourth-order valence-corrected chi connectivity index (χ4v) is 5.32. The average Bonchev–Trinajstić information content (AvgIpc) is 2.43. The number of nitrogens with two attached hydrogens (primary N) is 1. The average molecular weight is 310 g/mol. The van der Waals surface area contributed by atoms with E-state index in [-0.39, 0.29) is 17.2 Å². The molecule has 0 aromatic heterocycles. The fourth-order valence-electron chi connectivity index (χ4n) is 2.21. The molecule has 0 bridgehead atoms. The number of hydrogen-bond donors (Lipinski definition) is 1. The molecule has 1 fully saturated rings. The molecule has 5 nitrogen and oxygen atoms in total. The molecule has 2 atom stereocenters. The van der Waals surface area contributed by atoms with Crippen LogP contribution >= 0.6 is 11.8 Å². The zero-order valence-electron chi connectivity index (χ0n) is 11.9. The Morgan fingerprint density at radius 2 is 2.21 bits per heavy atom. The molecule has 7 heteroatoms. The van der Waals surface area contributed by atoms with Gasteiger partial charge in [-0.3, -0.25) is 4.90 Å². The first kappa shape index (κ1) is 17.2. The molecule has 0 saturated carbocycles. The van der Waals surface area contributed by atoms with Crippen molar-refractivity contribution in [2.45, 2.75) is 31.7 Å². The summed E-state index contributed by atoms with van der Waals surface area (Å²) in [6, 6.07) is 0. The van der Waals surface area contributed by atoms with E-state index in [9.17, 15) is 8.42 Å². The van der Waals surface area contributed by atoms with Gasteiger partial charge in [0.1, 0.15) is 5.37 Å². The molecule has 1 saturated heterocycles. The largest absolute Gasteiger partial charge is 0.377 e. The summed E-state index contributed by atoms with van der Waals surface area (Å²) in [5.41, 5.74) is 5.66. The number of thioether (sulfide) groups is 1. The van der Waals surface area contributed by atoms with E-state index < -0.39 is 9.84 Å². The van der Waals surface area contributed by atoms with Crippen LogP contribution in [-0.4, -0.2) is 68.3 Å². The van der Waals surface area contributed by atoms with Crippen LogP contribution in [0.5, 0.6) is 0 Å². The van der Waals surface area contributed by atoms with Gasteiger partial charge in [0.15, 0.2) is 9.84 Å². The van der Waals surface area contributed by atoms with Gasteiger partial charge in [-0.15, -0.1) is 0 Å². The zero-order valence-corrected chi connectivity index (χ0v) is 13.5. The van der Waals surface area contributed by atoms with E-state index >= 15 is 0 Å². The van der Waals surface area contributed by atoms with Crippen molar-refractivity contribution < 1.29 is 13.2 Å². The van der Waals surface area contributed by atoms with Crippen molar-refractivity contribution in [3.05, 3.63) is 0 Å². The van der Waals surface area contributed by atoms with Gasteiger partial charge in [0.2, 0.25) is 0 Å². The van der Waals surface area contributed by atoms with Crippen molar-refractivity contribution in [3.63, 3.8) is 0 Å². The third kappa shape index (κ3) is 5.23. The predicted octanol–water partition coefficient (Wildman–Crippen LogP) is 0.550. The van der Waals surface area contributed by atoms with Gasteiger partial charge in [-0.1, -0.05) is 6.92 Å². The lowest BCUT2D eigenvalue weighted by atomic mass is 10.2. The third-order valence-corrected chi connectivity index (χ3v) is 6.74. The van der Waals surface area contributed by atoms with E-state index in [1.807, 2.05) is 6.92 Å². The molecule has 1 aliphatic rings. The summed E-state index contributed by atoms with van der Waals surface area (Å²) < 4.78 is 29.7. The second kappa shape index (κ2) is 8.46. The third-order valence-electron chi connectivity index (χ3n) is 3.41. The van der Waals surface area contributed by atoms with Crippen LogP contribution in [0.25, 0.3) is 0 Å². The summed E-state index contributed by atoms with van der Waals surface area (Å²) in [7, 11) is -3.00. The Kier molecular flexibility index (Phi) is 7.68. The Bertz CT molecular complexity index is 349. The van der Waals surface area contributed by atoms with Crippen molar-refractivity contribution >= 4 is 21.6 Å². The van der Waals surface area contributed by atoms with Gasteiger partial charge in [0.25, 0.3) is 0 Å². The second-order valence-corrected chi connectivity index (χ2v) is 8.22. The number of sulfone groups is 1. The maximum atomic E-state index is 12.1. The topological polar surface area (TPSA) is 72.6 Å². The van der Waals surface area contributed by atoms with Crippen LogP contribution in [0.4, 0.5) is 0 Å². The summed E-state index contributed by atoms with van der Waals surface area (Å²) in [4.78, 5) is 2.08. The molecule has 0 spiro atoms. The molecule has 2 unspecified atom stereocenters. The Balaban J connectivity index is 2.58. The van der Waals surface area contributed by atoms with Crippen LogP contribution in [0.15, 0.2) is 0 Å². The maximum absolute atomic E-state index is 12.1. The molecule has 0 aliphatic carbocycles. The molecule has 1 rings (SSSR count). The minimum atomic E-state index is -3.00. The highest BCUT2D eigenvalue weighted by molar-refractivity contribution is 8.01. The first-order chi connectivity index (χ1) is 9.05. The SMILES string of the molecule is CCOC(CN)CCN1CCSCC1S(=O)(=O)CC. The van der Waals surface area contributed by atoms with E-state index in [0.29, 0.717) is 18.9 Å². The molecule has 1 heterocycles. The minimum Gasteiger partial charge on any atom is -0.377 e. The normalized spacial score (nSPS) is 23.4. The lowest BCUT2D eigenvalue weighted by molar-refractivity contribution is 0.0539. The summed E-state index contributed by atoms with van der Waals surface area (Å²) in [5, 5.41) is -0.337. The number of rotatable bonds is 8. The van der Waals surface area contributed by atoms with Crippen LogP contribution < -0.4 is 5.73 Å². The summed E-state index contributed by atoms with van der Waals surface area (Å²) in [6.45, 7) is 6.38. The van der Waals surface area contributed by atoms with Crippen LogP contribution in [0.2, 0.25) is 0 Å². The lowest BCUT2D eigenvalue weighted by Crippen LogP contribution is -2.48.